The third-order valence-electron chi connectivity index (χ3n) is 9.16. The molecule has 0 aliphatic carbocycles. The van der Waals surface area contributed by atoms with Crippen LogP contribution in [0.5, 0.6) is 0 Å². The number of hydrogen-bond acceptors (Lipinski definition) is 12. The molecule has 13 nitrogen and oxygen atoms in total. The highest BCUT2D eigenvalue weighted by atomic mass is 16.7. The first kappa shape index (κ1) is 36.1. The molecule has 3 aliphatic rings. The number of carbonyl (C=O) groups is 5. The third kappa shape index (κ3) is 12.0. The van der Waals surface area contributed by atoms with Gasteiger partial charge in [0.15, 0.2) is 0 Å². The number of amides is 2. The van der Waals surface area contributed by atoms with E-state index in [4.69, 9.17) is 14.3 Å². The molecule has 0 N–H and O–H groups in total. The lowest BCUT2D eigenvalue weighted by Gasteiger charge is -2.35. The number of rotatable bonds is 13. The summed E-state index contributed by atoms with van der Waals surface area (Å²) in [4.78, 5) is 75.3. The smallest absolute Gasteiger partial charge is 0.347 e. The van der Waals surface area contributed by atoms with Crippen molar-refractivity contribution < 1.29 is 38.3 Å². The van der Waals surface area contributed by atoms with Crippen molar-refractivity contribution in [1.29, 1.82) is 0 Å². The van der Waals surface area contributed by atoms with Crippen LogP contribution >= 0.6 is 0 Å². The van der Waals surface area contributed by atoms with Gasteiger partial charge in [0.1, 0.15) is 13.2 Å². The summed E-state index contributed by atoms with van der Waals surface area (Å²) in [5.41, 5.74) is 1.87. The van der Waals surface area contributed by atoms with Crippen molar-refractivity contribution in [2.45, 2.75) is 38.9 Å². The van der Waals surface area contributed by atoms with Crippen LogP contribution in [0, 0.1) is 5.92 Å². The lowest BCUT2D eigenvalue weighted by molar-refractivity contribution is -0.198. The molecule has 3 saturated heterocycles. The van der Waals surface area contributed by atoms with E-state index in [0.29, 0.717) is 50.2 Å². The summed E-state index contributed by atoms with van der Waals surface area (Å²) < 4.78 is 11.2. The van der Waals surface area contributed by atoms with Gasteiger partial charge >= 0.3 is 17.9 Å². The number of esters is 2. The van der Waals surface area contributed by atoms with Crippen molar-refractivity contribution in [3.63, 3.8) is 0 Å². The Labute approximate surface area is 287 Å². The first-order valence-electron chi connectivity index (χ1n) is 17.2. The quantitative estimate of drug-likeness (QED) is 0.226. The van der Waals surface area contributed by atoms with E-state index in [2.05, 4.69) is 14.7 Å². The van der Waals surface area contributed by atoms with Crippen LogP contribution in [0.2, 0.25) is 0 Å². The highest BCUT2D eigenvalue weighted by Crippen LogP contribution is 2.20. The summed E-state index contributed by atoms with van der Waals surface area (Å²) in [6.07, 6.45) is 1.91. The average molecular weight is 678 g/mol. The van der Waals surface area contributed by atoms with E-state index in [-0.39, 0.29) is 57.6 Å². The van der Waals surface area contributed by atoms with Gasteiger partial charge in [-0.1, -0.05) is 60.7 Å². The molecule has 5 rings (SSSR count). The van der Waals surface area contributed by atoms with Crippen molar-refractivity contribution in [2.75, 3.05) is 78.5 Å². The Morgan fingerprint density at radius 1 is 0.551 bits per heavy atom. The van der Waals surface area contributed by atoms with Crippen LogP contribution in [0.3, 0.4) is 0 Å². The minimum atomic E-state index is -0.605. The maximum atomic E-state index is 12.8. The Morgan fingerprint density at radius 3 is 1.43 bits per heavy atom. The second-order valence-corrected chi connectivity index (χ2v) is 12.9. The van der Waals surface area contributed by atoms with Crippen molar-refractivity contribution in [3.05, 3.63) is 71.8 Å². The largest absolute Gasteiger partial charge is 0.460 e. The van der Waals surface area contributed by atoms with Crippen LogP contribution in [0.15, 0.2) is 60.7 Å². The Hall–Kier alpha value is -4.17. The van der Waals surface area contributed by atoms with Crippen molar-refractivity contribution in [1.82, 2.24) is 24.7 Å². The number of likely N-dealkylation sites (tertiary alicyclic amines) is 1. The summed E-state index contributed by atoms with van der Waals surface area (Å²) in [5, 5.41) is 0.595. The second-order valence-electron chi connectivity index (χ2n) is 12.9. The van der Waals surface area contributed by atoms with Gasteiger partial charge in [-0.25, -0.2) is 4.79 Å². The molecule has 0 saturated carbocycles. The third-order valence-corrected chi connectivity index (χ3v) is 9.16. The molecule has 2 amide bonds. The molecule has 0 unspecified atom stereocenters. The normalized spacial score (nSPS) is 19.2. The van der Waals surface area contributed by atoms with E-state index >= 15 is 0 Å². The fraction of sp³-hybridized carbons (Fsp3) is 0.528. The number of benzene rings is 2. The number of hydrogen-bond donors (Lipinski definition) is 0. The zero-order valence-corrected chi connectivity index (χ0v) is 28.1. The molecule has 2 aromatic carbocycles. The molecule has 3 heterocycles. The van der Waals surface area contributed by atoms with E-state index in [1.165, 1.54) is 0 Å². The molecule has 13 heteroatoms. The molecule has 0 spiro atoms. The molecule has 2 aromatic rings. The number of piperidine rings is 1. The minimum Gasteiger partial charge on any atom is -0.460 e. The maximum Gasteiger partial charge on any atom is 0.347 e. The van der Waals surface area contributed by atoms with E-state index in [1.807, 2.05) is 65.6 Å². The zero-order valence-electron chi connectivity index (χ0n) is 28.1. The summed E-state index contributed by atoms with van der Waals surface area (Å²) in [5.74, 6) is -1.73. The first-order valence-corrected chi connectivity index (χ1v) is 17.2. The van der Waals surface area contributed by atoms with Gasteiger partial charge in [-0.2, -0.15) is 0 Å². The fourth-order valence-electron chi connectivity index (χ4n) is 6.28. The first-order chi connectivity index (χ1) is 23.8. The monoisotopic (exact) mass is 677 g/mol. The highest BCUT2D eigenvalue weighted by molar-refractivity contribution is 6.01. The van der Waals surface area contributed by atoms with Gasteiger partial charge in [0, 0.05) is 58.7 Å². The topological polar surface area (TPSA) is 129 Å². The zero-order chi connectivity index (χ0) is 34.4. The van der Waals surface area contributed by atoms with E-state index in [1.54, 1.807) is 0 Å². The number of ether oxygens (including phenoxy) is 2. The van der Waals surface area contributed by atoms with Gasteiger partial charge in [-0.15, -0.1) is 5.06 Å². The van der Waals surface area contributed by atoms with Gasteiger partial charge < -0.3 is 19.2 Å². The van der Waals surface area contributed by atoms with Crippen LogP contribution < -0.4 is 0 Å². The van der Waals surface area contributed by atoms with Crippen molar-refractivity contribution in [2.24, 2.45) is 5.92 Å². The molecular formula is C36H47N5O8. The van der Waals surface area contributed by atoms with Crippen molar-refractivity contribution in [3.8, 4) is 0 Å². The summed E-state index contributed by atoms with van der Waals surface area (Å²) in [6.45, 7) is 7.20. The predicted octanol–water partition coefficient (Wildman–Crippen LogP) is 1.71. The van der Waals surface area contributed by atoms with Crippen molar-refractivity contribution >= 4 is 29.7 Å². The maximum absolute atomic E-state index is 12.8. The molecule has 0 bridgehead atoms. The van der Waals surface area contributed by atoms with Crippen LogP contribution in [0.25, 0.3) is 0 Å². The molecule has 0 atom stereocenters. The number of hydroxylamine groups is 2. The second kappa shape index (κ2) is 18.6. The summed E-state index contributed by atoms with van der Waals surface area (Å²) in [7, 11) is 0. The standard InChI is InChI=1S/C36H47N5O8/c42-32-11-12-33(43)41(32)49-36(46)26-37-15-13-29(14-16-37)23-38-17-19-39(24-34(44)47-27-30-7-3-1-4-8-30)21-22-40(20-18-38)25-35(45)48-28-31-9-5-2-6-10-31/h1-10,29H,11-28H2. The lowest BCUT2D eigenvalue weighted by atomic mass is 9.96. The summed E-state index contributed by atoms with van der Waals surface area (Å²) >= 11 is 0. The minimum absolute atomic E-state index is 0.0260. The van der Waals surface area contributed by atoms with Gasteiger partial charge in [0.2, 0.25) is 0 Å². The fourth-order valence-corrected chi connectivity index (χ4v) is 6.28. The molecule has 0 aromatic heterocycles. The van der Waals surface area contributed by atoms with E-state index < -0.39 is 17.8 Å². The van der Waals surface area contributed by atoms with Gasteiger partial charge in [0.25, 0.3) is 11.8 Å². The van der Waals surface area contributed by atoms with E-state index in [9.17, 15) is 24.0 Å². The van der Waals surface area contributed by atoms with Crippen LogP contribution in [0.1, 0.15) is 36.8 Å². The molecular weight excluding hydrogens is 630 g/mol. The SMILES string of the molecule is O=C(CN1CCN(CC(=O)OCc2ccccc2)CCN(CC2CCN(CC(=O)ON3C(=O)CCC3=O)CC2)CC1)OCc1ccccc1. The van der Waals surface area contributed by atoms with Crippen LogP contribution in [-0.4, -0.2) is 133 Å². The molecule has 3 aliphatic heterocycles. The lowest BCUT2D eigenvalue weighted by Crippen LogP contribution is -2.44. The predicted molar refractivity (Wildman–Crippen MR) is 178 cm³/mol. The van der Waals surface area contributed by atoms with Gasteiger partial charge in [0.05, 0.1) is 19.6 Å². The average Bonchev–Trinajstić information content (AvgIpc) is 3.46. The highest BCUT2D eigenvalue weighted by Gasteiger charge is 2.33. The number of carbonyl (C=O) groups excluding carboxylic acids is 5. The molecule has 49 heavy (non-hydrogen) atoms. The molecule has 3 fully saturated rings. The Balaban J connectivity index is 1.12. The number of imide groups is 1. The van der Waals surface area contributed by atoms with Crippen LogP contribution in [0.4, 0.5) is 0 Å². The van der Waals surface area contributed by atoms with Crippen LogP contribution in [-0.2, 0) is 51.5 Å². The molecule has 0 radical (unpaired) electrons. The Morgan fingerprint density at radius 2 is 0.959 bits per heavy atom. The van der Waals surface area contributed by atoms with Gasteiger partial charge in [-0.05, 0) is 43.0 Å². The molecule has 264 valence electrons. The summed E-state index contributed by atoms with van der Waals surface area (Å²) in [6, 6.07) is 19.2. The van der Waals surface area contributed by atoms with Gasteiger partial charge in [-0.3, -0.25) is 33.9 Å². The van der Waals surface area contributed by atoms with E-state index in [0.717, 1.165) is 43.6 Å². The number of nitrogens with zero attached hydrogens (tertiary/aromatic N) is 5. The Bertz CT molecular complexity index is 1320. The Kier molecular flexibility index (Phi) is 13.7.